The van der Waals surface area contributed by atoms with E-state index in [1.165, 1.54) is 5.57 Å². The Morgan fingerprint density at radius 2 is 1.86 bits per heavy atom. The van der Waals surface area contributed by atoms with Crippen LogP contribution in [0.4, 0.5) is 5.69 Å². The van der Waals surface area contributed by atoms with Crippen LogP contribution in [-0.2, 0) is 22.6 Å². The molecule has 0 unspecified atom stereocenters. The van der Waals surface area contributed by atoms with Gasteiger partial charge in [0.05, 0.1) is 6.54 Å². The van der Waals surface area contributed by atoms with E-state index in [0.717, 1.165) is 34.1 Å². The van der Waals surface area contributed by atoms with Crippen LogP contribution in [0, 0.1) is 11.3 Å². The van der Waals surface area contributed by atoms with Crippen molar-refractivity contribution in [2.45, 2.75) is 19.4 Å². The van der Waals surface area contributed by atoms with E-state index in [9.17, 15) is 20.0 Å². The Kier molecular flexibility index (Phi) is 5.90. The molecule has 1 aliphatic heterocycles. The molecule has 172 valence electrons. The smallest absolute Gasteiger partial charge is 0.323 e. The van der Waals surface area contributed by atoms with Gasteiger partial charge in [0.25, 0.3) is 5.91 Å². The molecular weight excluding hydrogens is 438 g/mol. The summed E-state index contributed by atoms with van der Waals surface area (Å²) in [6, 6.07) is 17.3. The van der Waals surface area contributed by atoms with Crippen LogP contribution < -0.4 is 4.90 Å². The second-order valence-corrected chi connectivity index (χ2v) is 8.57. The van der Waals surface area contributed by atoms with Crippen molar-refractivity contribution in [1.82, 2.24) is 4.57 Å². The molecule has 0 radical (unpaired) electrons. The fourth-order valence-corrected chi connectivity index (χ4v) is 4.71. The number of hydrogen-bond donors (Lipinski definition) is 1. The predicted octanol–water partition coefficient (Wildman–Crippen LogP) is 5.03. The summed E-state index contributed by atoms with van der Waals surface area (Å²) >= 11 is 0. The number of nitrogens with zero attached hydrogens (tertiary/aromatic N) is 3. The average Bonchev–Trinajstić information content (AvgIpc) is 3.20. The van der Waals surface area contributed by atoms with E-state index in [1.54, 1.807) is 21.7 Å². The lowest BCUT2D eigenvalue weighted by molar-refractivity contribution is -0.137. The van der Waals surface area contributed by atoms with Gasteiger partial charge in [0.2, 0.25) is 0 Å². The van der Waals surface area contributed by atoms with Crippen LogP contribution >= 0.6 is 0 Å². The van der Waals surface area contributed by atoms with Crippen LogP contribution in [0.25, 0.3) is 17.0 Å². The minimum atomic E-state index is -0.964. The molecule has 2 heterocycles. The van der Waals surface area contributed by atoms with Gasteiger partial charge in [-0.3, -0.25) is 9.59 Å². The van der Waals surface area contributed by atoms with Crippen LogP contribution in [-0.4, -0.2) is 28.1 Å². The number of hydrogen-bond acceptors (Lipinski definition) is 3. The molecule has 6 heteroatoms. The maximum atomic E-state index is 13.8. The number of benzene rings is 2. The number of nitriles is 1. The highest BCUT2D eigenvalue weighted by atomic mass is 16.4. The lowest BCUT2D eigenvalue weighted by atomic mass is 9.92. The maximum absolute atomic E-state index is 13.8. The van der Waals surface area contributed by atoms with E-state index in [4.69, 9.17) is 0 Å². The molecule has 3 aromatic rings. The quantitative estimate of drug-likeness (QED) is 0.436. The van der Waals surface area contributed by atoms with Gasteiger partial charge in [-0.05, 0) is 47.8 Å². The third-order valence-corrected chi connectivity index (χ3v) is 6.38. The normalized spacial score (nSPS) is 16.8. The summed E-state index contributed by atoms with van der Waals surface area (Å²) in [5, 5.41) is 20.1. The number of para-hydroxylation sites is 2. The lowest BCUT2D eigenvalue weighted by Crippen LogP contribution is -2.35. The summed E-state index contributed by atoms with van der Waals surface area (Å²) in [5.74, 6) is -1.35. The average molecular weight is 462 g/mol. The molecule has 2 aromatic carbocycles. The van der Waals surface area contributed by atoms with Crippen LogP contribution in [0.1, 0.15) is 17.5 Å². The zero-order valence-corrected chi connectivity index (χ0v) is 19.0. The van der Waals surface area contributed by atoms with Crippen molar-refractivity contribution in [2.24, 2.45) is 0 Å². The standard InChI is InChI=1S/C29H23N3O3/c30-16-23(15-24-17-31(19-28(33)34)27-12-6-4-10-25(24)27)29(35)32-18-22-9-2-1-7-20(22)13-14-21-8-3-5-11-26(21)32/h1-6,8-13,15,17H,7,14,18-19H2,(H,33,34)/b20-13+,23-15?. The number of carbonyl (C=O) groups excluding carboxylic acids is 1. The fourth-order valence-electron chi connectivity index (χ4n) is 4.71. The van der Waals surface area contributed by atoms with E-state index in [2.05, 4.69) is 18.2 Å². The Morgan fingerprint density at radius 3 is 2.69 bits per heavy atom. The molecule has 1 aliphatic carbocycles. The largest absolute Gasteiger partial charge is 0.480 e. The summed E-state index contributed by atoms with van der Waals surface area (Å²) in [6.45, 7) is 0.159. The molecule has 1 aromatic heterocycles. The van der Waals surface area contributed by atoms with Crippen molar-refractivity contribution in [2.75, 3.05) is 11.4 Å². The first-order valence-corrected chi connectivity index (χ1v) is 11.4. The molecule has 0 saturated carbocycles. The minimum absolute atomic E-state index is 0.00362. The second-order valence-electron chi connectivity index (χ2n) is 8.57. The highest BCUT2D eigenvalue weighted by molar-refractivity contribution is 6.12. The van der Waals surface area contributed by atoms with E-state index < -0.39 is 5.97 Å². The molecule has 5 rings (SSSR count). The number of aliphatic carboxylic acids is 1. The minimum Gasteiger partial charge on any atom is -0.480 e. The van der Waals surface area contributed by atoms with Crippen LogP contribution in [0.5, 0.6) is 0 Å². The highest BCUT2D eigenvalue weighted by Gasteiger charge is 2.26. The van der Waals surface area contributed by atoms with Crippen molar-refractivity contribution in [3.8, 4) is 6.07 Å². The van der Waals surface area contributed by atoms with Gasteiger partial charge in [-0.15, -0.1) is 0 Å². The molecule has 35 heavy (non-hydrogen) atoms. The first-order valence-electron chi connectivity index (χ1n) is 11.4. The van der Waals surface area contributed by atoms with Crippen molar-refractivity contribution >= 4 is 34.5 Å². The number of carbonyl (C=O) groups is 2. The molecule has 0 spiro atoms. The summed E-state index contributed by atoms with van der Waals surface area (Å²) in [6.07, 6.45) is 13.1. The second kappa shape index (κ2) is 9.32. The van der Waals surface area contributed by atoms with Gasteiger partial charge < -0.3 is 14.6 Å². The molecule has 1 amide bonds. The van der Waals surface area contributed by atoms with Crippen LogP contribution in [0.2, 0.25) is 0 Å². The molecular formula is C29H23N3O3. The molecule has 6 nitrogen and oxygen atoms in total. The topological polar surface area (TPSA) is 86.3 Å². The van der Waals surface area contributed by atoms with Gasteiger partial charge in [-0.1, -0.05) is 60.7 Å². The first kappa shape index (κ1) is 22.2. The van der Waals surface area contributed by atoms with Gasteiger partial charge >= 0.3 is 5.97 Å². The zero-order chi connectivity index (χ0) is 24.4. The number of carboxylic acid groups (broad SMARTS) is 1. The number of allylic oxidation sites excluding steroid dienone is 4. The molecule has 0 fully saturated rings. The Hall–Kier alpha value is -4.63. The van der Waals surface area contributed by atoms with Crippen LogP contribution in [0.15, 0.2) is 95.8 Å². The lowest BCUT2D eigenvalue weighted by Gasteiger charge is -2.29. The van der Waals surface area contributed by atoms with E-state index in [1.807, 2.05) is 60.7 Å². The zero-order valence-electron chi connectivity index (χ0n) is 19.0. The van der Waals surface area contributed by atoms with Crippen LogP contribution in [0.3, 0.4) is 0 Å². The van der Waals surface area contributed by atoms with E-state index in [-0.39, 0.29) is 18.0 Å². The highest BCUT2D eigenvalue weighted by Crippen LogP contribution is 2.32. The maximum Gasteiger partial charge on any atom is 0.323 e. The van der Waals surface area contributed by atoms with Crippen molar-refractivity contribution < 1.29 is 14.7 Å². The van der Waals surface area contributed by atoms with E-state index >= 15 is 0 Å². The van der Waals surface area contributed by atoms with Crippen molar-refractivity contribution in [3.05, 3.63) is 107 Å². The monoisotopic (exact) mass is 461 g/mol. The number of amides is 1. The molecule has 2 aliphatic rings. The Labute approximate surface area is 203 Å². The Balaban J connectivity index is 1.59. The molecule has 0 bridgehead atoms. The van der Waals surface area contributed by atoms with Gasteiger partial charge in [0.15, 0.2) is 0 Å². The molecule has 1 N–H and O–H groups in total. The first-order chi connectivity index (χ1) is 17.0. The van der Waals surface area contributed by atoms with Gasteiger partial charge in [0.1, 0.15) is 18.2 Å². The third kappa shape index (κ3) is 4.32. The SMILES string of the molecule is N#CC(=Cc1cn(CC(=O)O)c2ccccc12)C(=O)N1CC2=CC=CC/C2=C\Cc2ccccc21. The fraction of sp³-hybridized carbons (Fsp3) is 0.138. The van der Waals surface area contributed by atoms with Gasteiger partial charge in [0, 0.05) is 28.4 Å². The van der Waals surface area contributed by atoms with Crippen molar-refractivity contribution in [3.63, 3.8) is 0 Å². The number of aromatic nitrogens is 1. The third-order valence-electron chi connectivity index (χ3n) is 6.38. The Morgan fingerprint density at radius 1 is 1.06 bits per heavy atom. The number of carboxylic acids is 1. The van der Waals surface area contributed by atoms with Gasteiger partial charge in [-0.25, -0.2) is 0 Å². The summed E-state index contributed by atoms with van der Waals surface area (Å²) in [4.78, 5) is 26.8. The van der Waals surface area contributed by atoms with E-state index in [0.29, 0.717) is 18.5 Å². The number of anilines is 1. The number of fused-ring (bicyclic) bond motifs is 3. The summed E-state index contributed by atoms with van der Waals surface area (Å²) in [5.41, 5.74) is 5.43. The van der Waals surface area contributed by atoms with Gasteiger partial charge in [-0.2, -0.15) is 5.26 Å². The Bertz CT molecular complexity index is 1510. The summed E-state index contributed by atoms with van der Waals surface area (Å²) < 4.78 is 1.62. The molecule has 0 saturated heterocycles. The number of rotatable bonds is 4. The molecule has 0 atom stereocenters. The predicted molar refractivity (Wildman–Crippen MR) is 136 cm³/mol. The summed E-state index contributed by atoms with van der Waals surface area (Å²) in [7, 11) is 0. The van der Waals surface area contributed by atoms with Crippen molar-refractivity contribution in [1.29, 1.82) is 5.26 Å².